The zero-order valence-electron chi connectivity index (χ0n) is 11.9. The number of hydrogen-bond donors (Lipinski definition) is 1. The summed E-state index contributed by atoms with van der Waals surface area (Å²) in [6.07, 6.45) is 2.31. The minimum Gasteiger partial charge on any atom is -0.309 e. The lowest BCUT2D eigenvalue weighted by atomic mass is 10.1. The molecule has 106 valence electrons. The fourth-order valence-corrected chi connectivity index (χ4v) is 5.08. The van der Waals surface area contributed by atoms with Gasteiger partial charge in [0.1, 0.15) is 4.34 Å². The summed E-state index contributed by atoms with van der Waals surface area (Å²) >= 11 is 3.70. The molecule has 1 aliphatic carbocycles. The average Bonchev–Trinajstić information content (AvgIpc) is 3.00. The van der Waals surface area contributed by atoms with Gasteiger partial charge >= 0.3 is 0 Å². The number of thioether (sulfide) groups is 1. The predicted octanol–water partition coefficient (Wildman–Crippen LogP) is 4.21. The largest absolute Gasteiger partial charge is 0.309 e. The normalized spacial score (nSPS) is 21.1. The van der Waals surface area contributed by atoms with Crippen molar-refractivity contribution in [2.75, 3.05) is 6.54 Å². The third-order valence-electron chi connectivity index (χ3n) is 3.65. The minimum absolute atomic E-state index is 0.459. The van der Waals surface area contributed by atoms with Gasteiger partial charge in [-0.1, -0.05) is 43.0 Å². The number of thiazole rings is 1. The van der Waals surface area contributed by atoms with E-state index < -0.39 is 0 Å². The molecular formula is C16H20N2S2. The number of rotatable bonds is 5. The second kappa shape index (κ2) is 6.29. The van der Waals surface area contributed by atoms with Crippen molar-refractivity contribution >= 4 is 23.1 Å². The summed E-state index contributed by atoms with van der Waals surface area (Å²) in [7, 11) is 0. The lowest BCUT2D eigenvalue weighted by Gasteiger charge is -2.20. The second-order valence-electron chi connectivity index (χ2n) is 5.25. The first kappa shape index (κ1) is 14.1. The molecule has 0 aliphatic heterocycles. The van der Waals surface area contributed by atoms with Gasteiger partial charge in [-0.15, -0.1) is 11.3 Å². The van der Waals surface area contributed by atoms with Gasteiger partial charge in [0.2, 0.25) is 0 Å². The summed E-state index contributed by atoms with van der Waals surface area (Å²) in [4.78, 5) is 4.61. The molecule has 0 spiro atoms. The SMILES string of the molecule is CCCNC1c2ccccc2CC1Sc1nc(C)cs1. The summed E-state index contributed by atoms with van der Waals surface area (Å²) in [5.41, 5.74) is 4.10. The third-order valence-corrected chi connectivity index (χ3v) is 6.01. The summed E-state index contributed by atoms with van der Waals surface area (Å²) in [5, 5.41) is 6.42. The van der Waals surface area contributed by atoms with Gasteiger partial charge in [-0.05, 0) is 37.4 Å². The fourth-order valence-electron chi connectivity index (χ4n) is 2.73. The van der Waals surface area contributed by atoms with Crippen LogP contribution in [-0.4, -0.2) is 16.8 Å². The highest BCUT2D eigenvalue weighted by molar-refractivity contribution is 8.01. The van der Waals surface area contributed by atoms with Gasteiger partial charge in [0.05, 0.1) is 0 Å². The molecule has 2 aromatic rings. The van der Waals surface area contributed by atoms with Crippen LogP contribution >= 0.6 is 23.1 Å². The lowest BCUT2D eigenvalue weighted by Crippen LogP contribution is -2.27. The van der Waals surface area contributed by atoms with Crippen molar-refractivity contribution in [3.63, 3.8) is 0 Å². The van der Waals surface area contributed by atoms with E-state index in [9.17, 15) is 0 Å². The monoisotopic (exact) mass is 304 g/mol. The van der Waals surface area contributed by atoms with Crippen LogP contribution in [0.3, 0.4) is 0 Å². The number of nitrogens with one attached hydrogen (secondary N) is 1. The van der Waals surface area contributed by atoms with Gasteiger partial charge in [-0.3, -0.25) is 0 Å². The molecule has 1 aromatic heterocycles. The molecule has 20 heavy (non-hydrogen) atoms. The second-order valence-corrected chi connectivity index (χ2v) is 7.59. The lowest BCUT2D eigenvalue weighted by molar-refractivity contribution is 0.539. The number of fused-ring (bicyclic) bond motifs is 1. The predicted molar refractivity (Wildman–Crippen MR) is 87.7 cm³/mol. The van der Waals surface area contributed by atoms with Crippen molar-refractivity contribution in [1.29, 1.82) is 0 Å². The molecule has 0 radical (unpaired) electrons. The Labute approximate surface area is 129 Å². The van der Waals surface area contributed by atoms with E-state index in [0.29, 0.717) is 11.3 Å². The van der Waals surface area contributed by atoms with E-state index in [1.54, 1.807) is 11.3 Å². The number of benzene rings is 1. The first-order chi connectivity index (χ1) is 9.78. The highest BCUT2D eigenvalue weighted by atomic mass is 32.2. The Balaban J connectivity index is 1.79. The van der Waals surface area contributed by atoms with E-state index >= 15 is 0 Å². The number of aryl methyl sites for hydroxylation is 1. The zero-order chi connectivity index (χ0) is 13.9. The Morgan fingerprint density at radius 3 is 3.00 bits per heavy atom. The van der Waals surface area contributed by atoms with E-state index in [-0.39, 0.29) is 0 Å². The van der Waals surface area contributed by atoms with Crippen LogP contribution in [0.5, 0.6) is 0 Å². The highest BCUT2D eigenvalue weighted by Crippen LogP contribution is 2.42. The van der Waals surface area contributed by atoms with Crippen molar-refractivity contribution in [2.45, 2.75) is 42.3 Å². The number of nitrogens with zero attached hydrogens (tertiary/aromatic N) is 1. The van der Waals surface area contributed by atoms with E-state index in [1.165, 1.54) is 21.9 Å². The smallest absolute Gasteiger partial charge is 0.150 e. The number of hydrogen-bond acceptors (Lipinski definition) is 4. The summed E-state index contributed by atoms with van der Waals surface area (Å²) in [6, 6.07) is 9.30. The maximum absolute atomic E-state index is 4.61. The Kier molecular flexibility index (Phi) is 4.44. The molecule has 1 N–H and O–H groups in total. The molecule has 0 amide bonds. The Morgan fingerprint density at radius 2 is 2.25 bits per heavy atom. The standard InChI is InChI=1S/C16H20N2S2/c1-3-8-17-15-13-7-5-4-6-12(13)9-14(15)20-16-18-11(2)10-19-16/h4-7,10,14-15,17H,3,8-9H2,1-2H3. The topological polar surface area (TPSA) is 24.9 Å². The molecule has 4 heteroatoms. The van der Waals surface area contributed by atoms with Gasteiger partial charge in [0.25, 0.3) is 0 Å². The Morgan fingerprint density at radius 1 is 1.40 bits per heavy atom. The van der Waals surface area contributed by atoms with E-state index in [4.69, 9.17) is 0 Å². The molecule has 1 heterocycles. The van der Waals surface area contributed by atoms with Crippen LogP contribution in [0.25, 0.3) is 0 Å². The van der Waals surface area contributed by atoms with Gasteiger partial charge in [0.15, 0.2) is 0 Å². The fraction of sp³-hybridized carbons (Fsp3) is 0.438. The molecule has 0 bridgehead atoms. The van der Waals surface area contributed by atoms with Crippen LogP contribution in [-0.2, 0) is 6.42 Å². The molecule has 0 saturated carbocycles. The average molecular weight is 304 g/mol. The van der Waals surface area contributed by atoms with E-state index in [2.05, 4.69) is 53.8 Å². The Bertz CT molecular complexity index is 579. The summed E-state index contributed by atoms with van der Waals surface area (Å²) < 4.78 is 1.20. The molecular weight excluding hydrogens is 284 g/mol. The third kappa shape index (κ3) is 2.92. The molecule has 1 aromatic carbocycles. The van der Waals surface area contributed by atoms with Crippen LogP contribution in [0.2, 0.25) is 0 Å². The number of aromatic nitrogens is 1. The van der Waals surface area contributed by atoms with E-state index in [1.807, 2.05) is 11.8 Å². The maximum atomic E-state index is 4.61. The zero-order valence-corrected chi connectivity index (χ0v) is 13.6. The van der Waals surface area contributed by atoms with Gasteiger partial charge in [0, 0.05) is 22.4 Å². The molecule has 2 unspecified atom stereocenters. The maximum Gasteiger partial charge on any atom is 0.150 e. The Hall–Kier alpha value is -0.840. The quantitative estimate of drug-likeness (QED) is 0.895. The molecule has 0 saturated heterocycles. The molecule has 3 rings (SSSR count). The molecule has 2 nitrogen and oxygen atoms in total. The van der Waals surface area contributed by atoms with Crippen molar-refractivity contribution in [1.82, 2.24) is 10.3 Å². The molecule has 2 atom stereocenters. The molecule has 1 aliphatic rings. The highest BCUT2D eigenvalue weighted by Gasteiger charge is 2.32. The van der Waals surface area contributed by atoms with Gasteiger partial charge in [-0.25, -0.2) is 4.98 Å². The van der Waals surface area contributed by atoms with E-state index in [0.717, 1.165) is 18.7 Å². The van der Waals surface area contributed by atoms with Crippen LogP contribution in [0, 0.1) is 6.92 Å². The van der Waals surface area contributed by atoms with Crippen molar-refractivity contribution in [3.8, 4) is 0 Å². The van der Waals surface area contributed by atoms with Crippen LogP contribution in [0.15, 0.2) is 34.0 Å². The van der Waals surface area contributed by atoms with Gasteiger partial charge in [-0.2, -0.15) is 0 Å². The van der Waals surface area contributed by atoms with Crippen LogP contribution in [0.1, 0.15) is 36.2 Å². The first-order valence-corrected chi connectivity index (χ1v) is 8.94. The van der Waals surface area contributed by atoms with Crippen molar-refractivity contribution in [2.24, 2.45) is 0 Å². The summed E-state index contributed by atoms with van der Waals surface area (Å²) in [6.45, 7) is 5.37. The van der Waals surface area contributed by atoms with Crippen LogP contribution < -0.4 is 5.32 Å². The summed E-state index contributed by atoms with van der Waals surface area (Å²) in [5.74, 6) is 0. The van der Waals surface area contributed by atoms with Crippen molar-refractivity contribution < 1.29 is 0 Å². The molecule has 0 fully saturated rings. The van der Waals surface area contributed by atoms with Crippen molar-refractivity contribution in [3.05, 3.63) is 46.5 Å². The van der Waals surface area contributed by atoms with Gasteiger partial charge < -0.3 is 5.32 Å². The first-order valence-electron chi connectivity index (χ1n) is 7.18. The van der Waals surface area contributed by atoms with Crippen LogP contribution in [0.4, 0.5) is 0 Å². The minimum atomic E-state index is 0.459.